The van der Waals surface area contributed by atoms with Gasteiger partial charge in [0, 0.05) is 25.2 Å². The summed E-state index contributed by atoms with van der Waals surface area (Å²) in [6, 6.07) is 14.2. The lowest BCUT2D eigenvalue weighted by Crippen LogP contribution is -2.13. The van der Waals surface area contributed by atoms with Crippen LogP contribution in [0.25, 0.3) is 10.9 Å². The van der Waals surface area contributed by atoms with E-state index in [0.717, 1.165) is 22.4 Å². The van der Waals surface area contributed by atoms with E-state index in [1.54, 1.807) is 13.1 Å². The number of halogens is 1. The molecule has 1 N–H and O–H groups in total. The summed E-state index contributed by atoms with van der Waals surface area (Å²) < 4.78 is 13.4. The smallest absolute Gasteiger partial charge is 0.224 e. The van der Waals surface area contributed by atoms with Crippen molar-refractivity contribution in [2.24, 2.45) is 0 Å². The van der Waals surface area contributed by atoms with Crippen LogP contribution >= 0.6 is 0 Å². The third-order valence-corrected chi connectivity index (χ3v) is 3.32. The number of para-hydroxylation sites is 1. The van der Waals surface area contributed by atoms with E-state index in [1.165, 1.54) is 12.1 Å². The zero-order chi connectivity index (χ0) is 14.8. The zero-order valence-corrected chi connectivity index (χ0v) is 11.8. The lowest BCUT2D eigenvalue weighted by Gasteiger charge is -2.20. The van der Waals surface area contributed by atoms with Crippen LogP contribution < -0.4 is 10.2 Å². The fraction of sp³-hybridized carbons (Fsp3) is 0.125. The summed E-state index contributed by atoms with van der Waals surface area (Å²) in [5.74, 6) is 0.994. The first-order chi connectivity index (χ1) is 10.2. The molecule has 0 bridgehead atoms. The molecule has 2 aromatic carbocycles. The lowest BCUT2D eigenvalue weighted by molar-refractivity contribution is 0.628. The highest BCUT2D eigenvalue weighted by Gasteiger charge is 2.12. The molecule has 4 nitrogen and oxygen atoms in total. The first kappa shape index (κ1) is 13.3. The van der Waals surface area contributed by atoms with Crippen LogP contribution in [0.1, 0.15) is 0 Å². The van der Waals surface area contributed by atoms with Crippen LogP contribution in [-0.2, 0) is 0 Å². The van der Waals surface area contributed by atoms with Crippen molar-refractivity contribution in [2.75, 3.05) is 24.3 Å². The standard InChI is InChI=1S/C16H15FN4/c1-18-16-19-14-9-4-3-8-13(14)15(20-16)21(2)12-7-5-6-11(17)10-12/h3-10H,1-2H3,(H,18,19,20). The first-order valence-electron chi connectivity index (χ1n) is 6.63. The van der Waals surface area contributed by atoms with Crippen LogP contribution in [0.5, 0.6) is 0 Å². The molecular weight excluding hydrogens is 267 g/mol. The second-order valence-corrected chi connectivity index (χ2v) is 4.68. The van der Waals surface area contributed by atoms with Gasteiger partial charge in [-0.1, -0.05) is 18.2 Å². The largest absolute Gasteiger partial charge is 0.357 e. The van der Waals surface area contributed by atoms with Crippen LogP contribution in [-0.4, -0.2) is 24.1 Å². The maximum absolute atomic E-state index is 13.4. The van der Waals surface area contributed by atoms with E-state index in [-0.39, 0.29) is 5.82 Å². The van der Waals surface area contributed by atoms with Gasteiger partial charge < -0.3 is 10.2 Å². The molecular formula is C16H15FN4. The van der Waals surface area contributed by atoms with E-state index in [4.69, 9.17) is 0 Å². The summed E-state index contributed by atoms with van der Waals surface area (Å²) in [5, 5.41) is 3.87. The molecule has 0 amide bonds. The van der Waals surface area contributed by atoms with E-state index >= 15 is 0 Å². The highest BCUT2D eigenvalue weighted by molar-refractivity contribution is 5.92. The quantitative estimate of drug-likeness (QED) is 0.797. The van der Waals surface area contributed by atoms with Gasteiger partial charge in [0.15, 0.2) is 0 Å². The predicted molar refractivity (Wildman–Crippen MR) is 83.5 cm³/mol. The van der Waals surface area contributed by atoms with Crippen LogP contribution in [0.3, 0.4) is 0 Å². The van der Waals surface area contributed by atoms with Gasteiger partial charge in [0.2, 0.25) is 5.95 Å². The SMILES string of the molecule is CNc1nc(N(C)c2cccc(F)c2)c2ccccc2n1. The van der Waals surface area contributed by atoms with Crippen LogP contribution in [0.15, 0.2) is 48.5 Å². The third kappa shape index (κ3) is 2.50. The summed E-state index contributed by atoms with van der Waals surface area (Å²) >= 11 is 0. The molecule has 3 rings (SSSR count). The van der Waals surface area contributed by atoms with Crippen molar-refractivity contribution in [3.8, 4) is 0 Å². The monoisotopic (exact) mass is 282 g/mol. The van der Waals surface area contributed by atoms with E-state index < -0.39 is 0 Å². The Morgan fingerprint density at radius 1 is 1.05 bits per heavy atom. The molecule has 0 radical (unpaired) electrons. The highest BCUT2D eigenvalue weighted by atomic mass is 19.1. The Balaban J connectivity index is 2.18. The van der Waals surface area contributed by atoms with Gasteiger partial charge in [0.1, 0.15) is 11.6 Å². The Hall–Kier alpha value is -2.69. The van der Waals surface area contributed by atoms with Crippen LogP contribution in [0.4, 0.5) is 21.8 Å². The third-order valence-electron chi connectivity index (χ3n) is 3.32. The molecule has 3 aromatic rings. The molecule has 0 aliphatic carbocycles. The highest BCUT2D eigenvalue weighted by Crippen LogP contribution is 2.29. The van der Waals surface area contributed by atoms with E-state index in [1.807, 2.05) is 42.3 Å². The fourth-order valence-corrected chi connectivity index (χ4v) is 2.23. The molecule has 0 fully saturated rings. The normalized spacial score (nSPS) is 10.6. The topological polar surface area (TPSA) is 41.1 Å². The maximum atomic E-state index is 13.4. The van der Waals surface area contributed by atoms with E-state index in [2.05, 4.69) is 15.3 Å². The van der Waals surface area contributed by atoms with E-state index in [9.17, 15) is 4.39 Å². The van der Waals surface area contributed by atoms with Crippen molar-refractivity contribution in [3.63, 3.8) is 0 Å². The number of benzene rings is 2. The van der Waals surface area contributed by atoms with Crippen molar-refractivity contribution in [2.45, 2.75) is 0 Å². The summed E-state index contributed by atoms with van der Waals surface area (Å²) in [5.41, 5.74) is 1.58. The molecule has 0 saturated heterocycles. The molecule has 5 heteroatoms. The molecule has 0 atom stereocenters. The number of anilines is 3. The Morgan fingerprint density at radius 3 is 2.62 bits per heavy atom. The Kier molecular flexibility index (Phi) is 3.39. The van der Waals surface area contributed by atoms with Crippen molar-refractivity contribution < 1.29 is 4.39 Å². The first-order valence-corrected chi connectivity index (χ1v) is 6.63. The number of nitrogens with one attached hydrogen (secondary N) is 1. The van der Waals surface area contributed by atoms with Crippen molar-refractivity contribution >= 4 is 28.4 Å². The number of aromatic nitrogens is 2. The fourth-order valence-electron chi connectivity index (χ4n) is 2.23. The Bertz CT molecular complexity index is 788. The average Bonchev–Trinajstić information content (AvgIpc) is 2.53. The Labute approximate surface area is 122 Å². The molecule has 0 saturated carbocycles. The molecule has 1 heterocycles. The van der Waals surface area contributed by atoms with Gasteiger partial charge in [-0.2, -0.15) is 4.98 Å². The summed E-state index contributed by atoms with van der Waals surface area (Å²) in [4.78, 5) is 10.8. The van der Waals surface area contributed by atoms with Crippen molar-refractivity contribution in [1.82, 2.24) is 9.97 Å². The summed E-state index contributed by atoms with van der Waals surface area (Å²) in [7, 11) is 3.64. The second-order valence-electron chi connectivity index (χ2n) is 4.68. The minimum absolute atomic E-state index is 0.272. The molecule has 0 aliphatic rings. The predicted octanol–water partition coefficient (Wildman–Crippen LogP) is 3.58. The molecule has 106 valence electrons. The van der Waals surface area contributed by atoms with Gasteiger partial charge in [-0.25, -0.2) is 9.37 Å². The van der Waals surface area contributed by atoms with Crippen LogP contribution in [0, 0.1) is 5.82 Å². The number of rotatable bonds is 3. The van der Waals surface area contributed by atoms with Gasteiger partial charge >= 0.3 is 0 Å². The second kappa shape index (κ2) is 5.36. The molecule has 21 heavy (non-hydrogen) atoms. The molecule has 1 aromatic heterocycles. The number of fused-ring (bicyclic) bond motifs is 1. The minimum Gasteiger partial charge on any atom is -0.357 e. The number of hydrogen-bond acceptors (Lipinski definition) is 4. The van der Waals surface area contributed by atoms with Gasteiger partial charge in [-0.05, 0) is 30.3 Å². The molecule has 0 unspecified atom stereocenters. The summed E-state index contributed by atoms with van der Waals surface area (Å²) in [6.07, 6.45) is 0. The Morgan fingerprint density at radius 2 is 1.86 bits per heavy atom. The van der Waals surface area contributed by atoms with Gasteiger partial charge in [0.05, 0.1) is 5.52 Å². The van der Waals surface area contributed by atoms with Gasteiger partial charge in [0.25, 0.3) is 0 Å². The maximum Gasteiger partial charge on any atom is 0.224 e. The number of hydrogen-bond donors (Lipinski definition) is 1. The zero-order valence-electron chi connectivity index (χ0n) is 11.8. The average molecular weight is 282 g/mol. The van der Waals surface area contributed by atoms with Crippen molar-refractivity contribution in [3.05, 3.63) is 54.3 Å². The molecule has 0 aliphatic heterocycles. The van der Waals surface area contributed by atoms with Crippen molar-refractivity contribution in [1.29, 1.82) is 0 Å². The molecule has 0 spiro atoms. The van der Waals surface area contributed by atoms with Gasteiger partial charge in [-0.15, -0.1) is 0 Å². The summed E-state index contributed by atoms with van der Waals surface area (Å²) in [6.45, 7) is 0. The lowest BCUT2D eigenvalue weighted by atomic mass is 10.2. The number of nitrogens with zero attached hydrogens (tertiary/aromatic N) is 3. The van der Waals surface area contributed by atoms with E-state index in [0.29, 0.717) is 5.95 Å². The van der Waals surface area contributed by atoms with Crippen LogP contribution in [0.2, 0.25) is 0 Å². The minimum atomic E-state index is -0.272. The van der Waals surface area contributed by atoms with Gasteiger partial charge in [-0.3, -0.25) is 0 Å².